The smallest absolute Gasteiger partial charge is 0.252 e. The van der Waals surface area contributed by atoms with Crippen molar-refractivity contribution in [2.75, 3.05) is 5.32 Å². The topological polar surface area (TPSA) is 106 Å². The Hall–Kier alpha value is -4.20. The molecule has 31 heavy (non-hydrogen) atoms. The highest BCUT2D eigenvalue weighted by Crippen LogP contribution is 2.24. The van der Waals surface area contributed by atoms with Crippen LogP contribution in [0, 0.1) is 0 Å². The van der Waals surface area contributed by atoms with Crippen molar-refractivity contribution in [1.82, 2.24) is 19.7 Å². The molecule has 1 amide bonds. The Morgan fingerprint density at radius 3 is 2.68 bits per heavy atom. The molecule has 0 saturated heterocycles. The largest absolute Gasteiger partial charge is 0.463 e. The molecule has 0 aliphatic rings. The van der Waals surface area contributed by atoms with Crippen LogP contribution in [0.2, 0.25) is 0 Å². The predicted octanol–water partition coefficient (Wildman–Crippen LogP) is 3.99. The molecule has 2 N–H and O–H groups in total. The minimum absolute atomic E-state index is 0.0491. The third-order valence-corrected chi connectivity index (χ3v) is 4.50. The highest BCUT2D eigenvalue weighted by atomic mass is 16.3. The maximum Gasteiger partial charge on any atom is 0.252 e. The number of H-pyrrole nitrogens is 1. The van der Waals surface area contributed by atoms with E-state index in [9.17, 15) is 9.59 Å². The molecule has 0 spiro atoms. The maximum atomic E-state index is 12.6. The standard InChI is InChI=1S/C23H21N5O3/c1-15(2)17-14-22(30)26-23(24-17)28-20(13-18(27-28)19-9-6-12-31-19)25-21(29)11-10-16-7-4-3-5-8-16/h3-15H,1-2H3,(H,25,29)(H,24,26,30)/b11-10+. The molecule has 0 bridgehead atoms. The first-order chi connectivity index (χ1) is 15.0. The average molecular weight is 415 g/mol. The Kier molecular flexibility index (Phi) is 5.61. The van der Waals surface area contributed by atoms with Gasteiger partial charge in [0.15, 0.2) is 5.76 Å². The molecule has 4 aromatic rings. The van der Waals surface area contributed by atoms with Gasteiger partial charge < -0.3 is 9.73 Å². The minimum Gasteiger partial charge on any atom is -0.463 e. The van der Waals surface area contributed by atoms with E-state index in [4.69, 9.17) is 4.42 Å². The zero-order chi connectivity index (χ0) is 21.8. The Morgan fingerprint density at radius 2 is 1.97 bits per heavy atom. The Balaban J connectivity index is 1.71. The van der Waals surface area contributed by atoms with Crippen molar-refractivity contribution in [3.8, 4) is 17.4 Å². The van der Waals surface area contributed by atoms with Crippen LogP contribution in [0.4, 0.5) is 5.82 Å². The summed E-state index contributed by atoms with van der Waals surface area (Å²) in [6.45, 7) is 3.89. The summed E-state index contributed by atoms with van der Waals surface area (Å²) in [7, 11) is 0. The lowest BCUT2D eigenvalue weighted by Crippen LogP contribution is -2.18. The van der Waals surface area contributed by atoms with Crippen molar-refractivity contribution in [2.24, 2.45) is 0 Å². The van der Waals surface area contributed by atoms with Gasteiger partial charge in [-0.2, -0.15) is 9.78 Å². The van der Waals surface area contributed by atoms with Crippen LogP contribution < -0.4 is 10.9 Å². The van der Waals surface area contributed by atoms with Gasteiger partial charge in [0.1, 0.15) is 11.5 Å². The van der Waals surface area contributed by atoms with E-state index >= 15 is 0 Å². The second-order valence-corrected chi connectivity index (χ2v) is 7.19. The van der Waals surface area contributed by atoms with Crippen molar-refractivity contribution in [2.45, 2.75) is 19.8 Å². The molecule has 0 radical (unpaired) electrons. The molecule has 0 saturated carbocycles. The maximum absolute atomic E-state index is 12.6. The van der Waals surface area contributed by atoms with E-state index in [-0.39, 0.29) is 23.3 Å². The molecule has 0 fully saturated rings. The molecule has 8 heteroatoms. The molecule has 4 rings (SSSR count). The summed E-state index contributed by atoms with van der Waals surface area (Å²) >= 11 is 0. The van der Waals surface area contributed by atoms with Gasteiger partial charge in [-0.05, 0) is 29.7 Å². The summed E-state index contributed by atoms with van der Waals surface area (Å²) in [4.78, 5) is 31.9. The fourth-order valence-corrected chi connectivity index (χ4v) is 2.94. The second kappa shape index (κ2) is 8.66. The molecule has 0 atom stereocenters. The number of hydrogen-bond donors (Lipinski definition) is 2. The Morgan fingerprint density at radius 1 is 1.16 bits per heavy atom. The summed E-state index contributed by atoms with van der Waals surface area (Å²) in [6.07, 6.45) is 4.68. The summed E-state index contributed by atoms with van der Waals surface area (Å²) in [6, 6.07) is 16.1. The number of anilines is 1. The van der Waals surface area contributed by atoms with Crippen molar-refractivity contribution in [3.63, 3.8) is 0 Å². The first-order valence-corrected chi connectivity index (χ1v) is 9.79. The van der Waals surface area contributed by atoms with Crippen LogP contribution in [-0.2, 0) is 4.79 Å². The highest BCUT2D eigenvalue weighted by molar-refractivity contribution is 6.01. The number of furan rings is 1. The zero-order valence-electron chi connectivity index (χ0n) is 17.1. The molecule has 156 valence electrons. The number of nitrogens with zero attached hydrogens (tertiary/aromatic N) is 3. The van der Waals surface area contributed by atoms with Crippen LogP contribution >= 0.6 is 0 Å². The van der Waals surface area contributed by atoms with Crippen molar-refractivity contribution in [1.29, 1.82) is 0 Å². The number of carbonyl (C=O) groups excluding carboxylic acids is 1. The average Bonchev–Trinajstić information content (AvgIpc) is 3.42. The third-order valence-electron chi connectivity index (χ3n) is 4.50. The Bertz CT molecular complexity index is 1270. The molecule has 3 heterocycles. The van der Waals surface area contributed by atoms with E-state index in [1.54, 1.807) is 24.3 Å². The number of amides is 1. The summed E-state index contributed by atoms with van der Waals surface area (Å²) in [5.74, 6) is 0.775. The molecule has 0 unspecified atom stereocenters. The van der Waals surface area contributed by atoms with Crippen LogP contribution in [0.15, 0.2) is 76.1 Å². The SMILES string of the molecule is CC(C)c1cc(=O)[nH]c(-n2nc(-c3ccco3)cc2NC(=O)/C=C/c2ccccc2)n1. The molecule has 8 nitrogen and oxygen atoms in total. The molecule has 0 aliphatic carbocycles. The van der Waals surface area contributed by atoms with Crippen molar-refractivity contribution >= 4 is 17.8 Å². The lowest BCUT2D eigenvalue weighted by molar-refractivity contribution is -0.111. The van der Waals surface area contributed by atoms with Gasteiger partial charge >= 0.3 is 0 Å². The number of aromatic nitrogens is 4. The quantitative estimate of drug-likeness (QED) is 0.463. The van der Waals surface area contributed by atoms with Gasteiger partial charge in [-0.1, -0.05) is 44.2 Å². The van der Waals surface area contributed by atoms with E-state index in [1.807, 2.05) is 44.2 Å². The fourth-order valence-electron chi connectivity index (χ4n) is 2.94. The van der Waals surface area contributed by atoms with Crippen LogP contribution in [0.25, 0.3) is 23.5 Å². The third kappa shape index (κ3) is 4.69. The molecular weight excluding hydrogens is 394 g/mol. The normalized spacial score (nSPS) is 11.3. The highest BCUT2D eigenvalue weighted by Gasteiger charge is 2.17. The van der Waals surface area contributed by atoms with Gasteiger partial charge in [0, 0.05) is 18.2 Å². The van der Waals surface area contributed by atoms with Gasteiger partial charge in [0.05, 0.1) is 12.0 Å². The first kappa shape index (κ1) is 20.1. The number of benzene rings is 1. The number of nitrogens with one attached hydrogen (secondary N) is 2. The Labute approximate surface area is 178 Å². The molecule has 3 aromatic heterocycles. The molecule has 0 aliphatic heterocycles. The number of aromatic amines is 1. The van der Waals surface area contributed by atoms with Crippen molar-refractivity contribution < 1.29 is 9.21 Å². The van der Waals surface area contributed by atoms with E-state index in [0.29, 0.717) is 23.0 Å². The lowest BCUT2D eigenvalue weighted by Gasteiger charge is -2.09. The van der Waals surface area contributed by atoms with Gasteiger partial charge in [0.2, 0.25) is 11.9 Å². The van der Waals surface area contributed by atoms with E-state index in [2.05, 4.69) is 20.4 Å². The number of hydrogen-bond acceptors (Lipinski definition) is 5. The summed E-state index contributed by atoms with van der Waals surface area (Å²) < 4.78 is 6.81. The van der Waals surface area contributed by atoms with Gasteiger partial charge in [-0.15, -0.1) is 0 Å². The van der Waals surface area contributed by atoms with E-state index in [1.165, 1.54) is 23.1 Å². The van der Waals surface area contributed by atoms with Crippen LogP contribution in [-0.4, -0.2) is 25.7 Å². The first-order valence-electron chi connectivity index (χ1n) is 9.79. The summed E-state index contributed by atoms with van der Waals surface area (Å²) in [5, 5.41) is 7.29. The lowest BCUT2D eigenvalue weighted by atomic mass is 10.1. The predicted molar refractivity (Wildman–Crippen MR) is 118 cm³/mol. The second-order valence-electron chi connectivity index (χ2n) is 7.19. The van der Waals surface area contributed by atoms with E-state index in [0.717, 1.165) is 5.56 Å². The van der Waals surface area contributed by atoms with Crippen LogP contribution in [0.1, 0.15) is 31.0 Å². The van der Waals surface area contributed by atoms with Gasteiger partial charge in [-0.25, -0.2) is 4.98 Å². The van der Waals surface area contributed by atoms with Crippen LogP contribution in [0.5, 0.6) is 0 Å². The fraction of sp³-hybridized carbons (Fsp3) is 0.130. The van der Waals surface area contributed by atoms with E-state index < -0.39 is 0 Å². The minimum atomic E-state index is -0.349. The number of carbonyl (C=O) groups is 1. The van der Waals surface area contributed by atoms with Gasteiger partial charge in [-0.3, -0.25) is 14.6 Å². The monoisotopic (exact) mass is 415 g/mol. The number of rotatable bonds is 6. The van der Waals surface area contributed by atoms with Crippen molar-refractivity contribution in [3.05, 3.63) is 88.5 Å². The van der Waals surface area contributed by atoms with Gasteiger partial charge in [0.25, 0.3) is 5.56 Å². The van der Waals surface area contributed by atoms with Crippen LogP contribution in [0.3, 0.4) is 0 Å². The summed E-state index contributed by atoms with van der Waals surface area (Å²) in [5.41, 5.74) is 1.71. The molecule has 1 aromatic carbocycles. The molecular formula is C23H21N5O3. The zero-order valence-corrected chi connectivity index (χ0v) is 17.1.